The number of amides is 2. The lowest BCUT2D eigenvalue weighted by Gasteiger charge is -2.14. The van der Waals surface area contributed by atoms with E-state index in [1.54, 1.807) is 24.3 Å². The molecule has 1 aromatic carbocycles. The second-order valence-corrected chi connectivity index (χ2v) is 6.05. The molecule has 5 nitrogen and oxygen atoms in total. The summed E-state index contributed by atoms with van der Waals surface area (Å²) in [6, 6.07) is 6.69. The van der Waals surface area contributed by atoms with E-state index in [2.05, 4.69) is 10.6 Å². The first kappa shape index (κ1) is 18.5. The normalized spacial score (nSPS) is 14.9. The van der Waals surface area contributed by atoms with Crippen molar-refractivity contribution >= 4 is 29.9 Å². The molecule has 1 aliphatic carbocycles. The molecule has 6 heteroatoms. The Bertz CT molecular complexity index is 513. The fraction of sp³-hybridized carbons (Fsp3) is 0.500. The van der Waals surface area contributed by atoms with Crippen molar-refractivity contribution in [1.29, 1.82) is 0 Å². The van der Waals surface area contributed by atoms with Gasteiger partial charge in [-0.1, -0.05) is 13.8 Å². The lowest BCUT2D eigenvalue weighted by atomic mass is 10.0. The van der Waals surface area contributed by atoms with Gasteiger partial charge in [-0.25, -0.2) is 0 Å². The van der Waals surface area contributed by atoms with Crippen LogP contribution in [0.3, 0.4) is 0 Å². The highest BCUT2D eigenvalue weighted by Gasteiger charge is 2.23. The van der Waals surface area contributed by atoms with E-state index < -0.39 is 6.04 Å². The molecule has 0 spiro atoms. The second kappa shape index (κ2) is 8.15. The van der Waals surface area contributed by atoms with Crippen LogP contribution in [0.5, 0.6) is 0 Å². The molecule has 0 unspecified atom stereocenters. The minimum atomic E-state index is -0.511. The third kappa shape index (κ3) is 5.66. The monoisotopic (exact) mass is 325 g/mol. The van der Waals surface area contributed by atoms with Crippen LogP contribution in [0.25, 0.3) is 0 Å². The summed E-state index contributed by atoms with van der Waals surface area (Å²) in [5.41, 5.74) is 7.09. The fourth-order valence-corrected chi connectivity index (χ4v) is 2.05. The number of nitrogens with two attached hydrogens (primary N) is 1. The Hall–Kier alpha value is -1.59. The molecule has 1 aromatic rings. The predicted molar refractivity (Wildman–Crippen MR) is 90.2 cm³/mol. The molecule has 0 aromatic heterocycles. The summed E-state index contributed by atoms with van der Waals surface area (Å²) >= 11 is 0. The highest BCUT2D eigenvalue weighted by atomic mass is 35.5. The van der Waals surface area contributed by atoms with E-state index in [0.29, 0.717) is 29.6 Å². The van der Waals surface area contributed by atoms with E-state index in [9.17, 15) is 9.59 Å². The zero-order valence-electron chi connectivity index (χ0n) is 13.0. The second-order valence-electron chi connectivity index (χ2n) is 6.05. The molecule has 1 saturated carbocycles. The van der Waals surface area contributed by atoms with Crippen molar-refractivity contribution in [2.45, 2.75) is 45.2 Å². The first-order valence-corrected chi connectivity index (χ1v) is 7.43. The van der Waals surface area contributed by atoms with Gasteiger partial charge in [0.1, 0.15) is 0 Å². The van der Waals surface area contributed by atoms with Crippen LogP contribution >= 0.6 is 12.4 Å². The number of rotatable bonds is 6. The Morgan fingerprint density at radius 1 is 1.23 bits per heavy atom. The molecule has 1 atom stereocenters. The average molecular weight is 326 g/mol. The Morgan fingerprint density at radius 2 is 1.82 bits per heavy atom. The Kier molecular flexibility index (Phi) is 6.84. The van der Waals surface area contributed by atoms with Crippen LogP contribution in [0, 0.1) is 5.92 Å². The first-order valence-electron chi connectivity index (χ1n) is 7.43. The van der Waals surface area contributed by atoms with Crippen LogP contribution in [0.1, 0.15) is 43.5 Å². The molecule has 4 N–H and O–H groups in total. The molecule has 1 fully saturated rings. The van der Waals surface area contributed by atoms with Crippen LogP contribution in [-0.4, -0.2) is 23.9 Å². The summed E-state index contributed by atoms with van der Waals surface area (Å²) < 4.78 is 0. The number of benzene rings is 1. The van der Waals surface area contributed by atoms with Crippen LogP contribution in [0.4, 0.5) is 5.69 Å². The number of nitrogens with one attached hydrogen (secondary N) is 2. The Labute approximate surface area is 137 Å². The Morgan fingerprint density at radius 3 is 2.32 bits per heavy atom. The van der Waals surface area contributed by atoms with E-state index in [0.717, 1.165) is 12.8 Å². The van der Waals surface area contributed by atoms with Crippen LogP contribution in [0.15, 0.2) is 24.3 Å². The third-order valence-electron chi connectivity index (χ3n) is 3.39. The average Bonchev–Trinajstić information content (AvgIpc) is 3.22. The highest BCUT2D eigenvalue weighted by Crippen LogP contribution is 2.19. The lowest BCUT2D eigenvalue weighted by Crippen LogP contribution is -2.36. The van der Waals surface area contributed by atoms with Gasteiger partial charge in [0.25, 0.3) is 5.91 Å². The molecule has 22 heavy (non-hydrogen) atoms. The van der Waals surface area contributed by atoms with Gasteiger partial charge in [0.05, 0.1) is 6.04 Å². The van der Waals surface area contributed by atoms with Gasteiger partial charge >= 0.3 is 0 Å². The molecule has 0 saturated heterocycles. The maximum atomic E-state index is 11.9. The van der Waals surface area contributed by atoms with E-state index in [1.165, 1.54) is 0 Å². The molecule has 0 aliphatic heterocycles. The van der Waals surface area contributed by atoms with Crippen molar-refractivity contribution in [2.24, 2.45) is 11.7 Å². The summed E-state index contributed by atoms with van der Waals surface area (Å²) in [6.07, 6.45) is 2.77. The molecule has 2 rings (SSSR count). The highest BCUT2D eigenvalue weighted by molar-refractivity contribution is 5.97. The molecule has 0 bridgehead atoms. The van der Waals surface area contributed by atoms with Gasteiger partial charge in [0.15, 0.2) is 0 Å². The number of hydrogen-bond acceptors (Lipinski definition) is 3. The first-order chi connectivity index (χ1) is 9.95. The van der Waals surface area contributed by atoms with Crippen LogP contribution < -0.4 is 16.4 Å². The zero-order chi connectivity index (χ0) is 15.4. The van der Waals surface area contributed by atoms with E-state index in [4.69, 9.17) is 5.73 Å². The predicted octanol–water partition coefficient (Wildman–Crippen LogP) is 2.31. The van der Waals surface area contributed by atoms with E-state index in [-0.39, 0.29) is 24.2 Å². The molecule has 2 amide bonds. The van der Waals surface area contributed by atoms with Crippen molar-refractivity contribution in [2.75, 3.05) is 5.32 Å². The van der Waals surface area contributed by atoms with Gasteiger partial charge < -0.3 is 16.4 Å². The van der Waals surface area contributed by atoms with Gasteiger partial charge in [0, 0.05) is 17.3 Å². The Balaban J connectivity index is 0.00000242. The minimum absolute atomic E-state index is 0. The third-order valence-corrected chi connectivity index (χ3v) is 3.39. The van der Waals surface area contributed by atoms with Gasteiger partial charge in [-0.05, 0) is 49.4 Å². The fourth-order valence-electron chi connectivity index (χ4n) is 2.05. The van der Waals surface area contributed by atoms with Crippen molar-refractivity contribution in [1.82, 2.24) is 5.32 Å². The topological polar surface area (TPSA) is 84.2 Å². The van der Waals surface area contributed by atoms with Crippen LogP contribution in [-0.2, 0) is 4.79 Å². The number of halogens is 1. The molecule has 0 radical (unpaired) electrons. The summed E-state index contributed by atoms with van der Waals surface area (Å²) in [5.74, 6) is 0.116. The number of hydrogen-bond donors (Lipinski definition) is 3. The summed E-state index contributed by atoms with van der Waals surface area (Å²) in [4.78, 5) is 23.7. The van der Waals surface area contributed by atoms with Crippen molar-refractivity contribution in [3.63, 3.8) is 0 Å². The molecular formula is C16H24ClN3O2. The van der Waals surface area contributed by atoms with Gasteiger partial charge in [-0.3, -0.25) is 9.59 Å². The maximum absolute atomic E-state index is 11.9. The largest absolute Gasteiger partial charge is 0.349 e. The summed E-state index contributed by atoms with van der Waals surface area (Å²) in [6.45, 7) is 4.06. The molecule has 122 valence electrons. The molecular weight excluding hydrogens is 302 g/mol. The minimum Gasteiger partial charge on any atom is -0.349 e. The van der Waals surface area contributed by atoms with Gasteiger partial charge in [0.2, 0.25) is 5.91 Å². The van der Waals surface area contributed by atoms with E-state index >= 15 is 0 Å². The number of anilines is 1. The quantitative estimate of drug-likeness (QED) is 0.750. The lowest BCUT2D eigenvalue weighted by molar-refractivity contribution is -0.117. The van der Waals surface area contributed by atoms with Gasteiger partial charge in [-0.2, -0.15) is 0 Å². The molecule has 0 heterocycles. The number of carbonyl (C=O) groups excluding carboxylic acids is 2. The molecule has 1 aliphatic rings. The zero-order valence-corrected chi connectivity index (χ0v) is 13.8. The van der Waals surface area contributed by atoms with E-state index in [1.807, 2.05) is 13.8 Å². The van der Waals surface area contributed by atoms with Crippen molar-refractivity contribution < 1.29 is 9.59 Å². The van der Waals surface area contributed by atoms with Crippen molar-refractivity contribution in [3.8, 4) is 0 Å². The van der Waals surface area contributed by atoms with Crippen molar-refractivity contribution in [3.05, 3.63) is 29.8 Å². The number of carbonyl (C=O) groups is 2. The van der Waals surface area contributed by atoms with Gasteiger partial charge in [-0.15, -0.1) is 12.4 Å². The summed E-state index contributed by atoms with van der Waals surface area (Å²) in [5, 5.41) is 5.69. The van der Waals surface area contributed by atoms with Crippen LogP contribution in [0.2, 0.25) is 0 Å². The SMILES string of the molecule is CC(C)C[C@H](N)C(=O)Nc1ccc(C(=O)NC2CC2)cc1.Cl. The smallest absolute Gasteiger partial charge is 0.251 e. The summed E-state index contributed by atoms with van der Waals surface area (Å²) in [7, 11) is 0. The standard InChI is InChI=1S/C16H23N3O2.ClH/c1-10(2)9-14(17)16(21)19-12-5-3-11(4-6-12)15(20)18-13-7-8-13;/h3-6,10,13-14H,7-9,17H2,1-2H3,(H,18,20)(H,19,21);1H/t14-;/m0./s1. The maximum Gasteiger partial charge on any atom is 0.251 e.